The molecule has 0 N–H and O–H groups in total. The van der Waals surface area contributed by atoms with Crippen molar-refractivity contribution in [3.05, 3.63) is 61.3 Å². The predicted molar refractivity (Wildman–Crippen MR) is 112 cm³/mol. The summed E-state index contributed by atoms with van der Waals surface area (Å²) >= 11 is 0. The molecule has 0 saturated carbocycles. The summed E-state index contributed by atoms with van der Waals surface area (Å²) in [6.07, 6.45) is 14.2. The van der Waals surface area contributed by atoms with Gasteiger partial charge in [0.1, 0.15) is 24.9 Å². The molecule has 0 spiro atoms. The van der Waals surface area contributed by atoms with Crippen LogP contribution in [0.25, 0.3) is 0 Å². The first-order chi connectivity index (χ1) is 13.8. The topological polar surface area (TPSA) is 71.1 Å². The third kappa shape index (κ3) is 9.54. The third-order valence-electron chi connectivity index (χ3n) is 3.97. The molecule has 0 amide bonds. The lowest BCUT2D eigenvalue weighted by Gasteiger charge is -2.26. The molecule has 1 rings (SSSR count). The molecule has 0 aromatic heterocycles. The fourth-order valence-electron chi connectivity index (χ4n) is 2.77. The first kappa shape index (κ1) is 24.6. The smallest absolute Gasteiger partial charge is 0.331 e. The maximum atomic E-state index is 12.2. The van der Waals surface area contributed by atoms with Crippen molar-refractivity contribution in [2.75, 3.05) is 6.61 Å². The highest BCUT2D eigenvalue weighted by molar-refractivity contribution is 5.82. The summed E-state index contributed by atoms with van der Waals surface area (Å²) in [6.45, 7) is 11.0. The molecule has 1 fully saturated rings. The van der Waals surface area contributed by atoms with Gasteiger partial charge < -0.3 is 18.9 Å². The van der Waals surface area contributed by atoms with Crippen LogP contribution in [-0.4, -0.2) is 42.6 Å². The Bertz CT molecular complexity index is 656. The van der Waals surface area contributed by atoms with Gasteiger partial charge >= 0.3 is 11.9 Å². The quantitative estimate of drug-likeness (QED) is 0.223. The van der Waals surface area contributed by atoms with E-state index in [4.69, 9.17) is 18.9 Å². The number of hydrogen-bond donors (Lipinski definition) is 0. The van der Waals surface area contributed by atoms with E-state index >= 15 is 0 Å². The largest absolute Gasteiger partial charge is 0.460 e. The van der Waals surface area contributed by atoms with Gasteiger partial charge in [0.25, 0.3) is 0 Å². The highest BCUT2D eigenvalue weighted by Crippen LogP contribution is 2.32. The lowest BCUT2D eigenvalue weighted by Crippen LogP contribution is -2.40. The monoisotopic (exact) mass is 404 g/mol. The second-order valence-corrected chi connectivity index (χ2v) is 6.88. The Morgan fingerprint density at radius 3 is 2.24 bits per heavy atom. The second-order valence-electron chi connectivity index (χ2n) is 6.88. The summed E-state index contributed by atoms with van der Waals surface area (Å²) < 4.78 is 22.8. The van der Waals surface area contributed by atoms with Crippen molar-refractivity contribution in [2.45, 2.75) is 64.6 Å². The van der Waals surface area contributed by atoms with E-state index in [-0.39, 0.29) is 6.61 Å². The van der Waals surface area contributed by atoms with E-state index in [9.17, 15) is 9.59 Å². The molecule has 1 heterocycles. The van der Waals surface area contributed by atoms with Crippen molar-refractivity contribution in [3.63, 3.8) is 0 Å². The molecule has 0 aromatic carbocycles. The number of hydrogen-bond acceptors (Lipinski definition) is 6. The first-order valence-electron chi connectivity index (χ1n) is 9.75. The number of esters is 2. The van der Waals surface area contributed by atoms with Gasteiger partial charge in [-0.3, -0.25) is 0 Å². The van der Waals surface area contributed by atoms with Crippen molar-refractivity contribution >= 4 is 11.9 Å². The minimum Gasteiger partial charge on any atom is -0.460 e. The van der Waals surface area contributed by atoms with Crippen LogP contribution in [0.4, 0.5) is 0 Å². The molecule has 29 heavy (non-hydrogen) atoms. The molecule has 6 nitrogen and oxygen atoms in total. The fraction of sp³-hybridized carbons (Fsp3) is 0.478. The number of carbonyl (C=O) groups is 2. The lowest BCUT2D eigenvalue weighted by atomic mass is 10.0. The summed E-state index contributed by atoms with van der Waals surface area (Å²) in [5.41, 5.74) is 0. The van der Waals surface area contributed by atoms with Gasteiger partial charge in [0.15, 0.2) is 5.79 Å². The van der Waals surface area contributed by atoms with E-state index in [2.05, 4.69) is 6.58 Å². The number of allylic oxidation sites excluding steroid dienone is 7. The summed E-state index contributed by atoms with van der Waals surface area (Å²) in [5, 5.41) is 0. The van der Waals surface area contributed by atoms with Gasteiger partial charge in [-0.1, -0.05) is 42.5 Å². The maximum Gasteiger partial charge on any atom is 0.331 e. The van der Waals surface area contributed by atoms with E-state index in [1.165, 1.54) is 12.2 Å². The zero-order chi connectivity index (χ0) is 21.7. The van der Waals surface area contributed by atoms with Crippen LogP contribution in [0.3, 0.4) is 0 Å². The van der Waals surface area contributed by atoms with Crippen molar-refractivity contribution in [1.29, 1.82) is 0 Å². The Balaban J connectivity index is 2.86. The fourth-order valence-corrected chi connectivity index (χ4v) is 2.77. The Kier molecular flexibility index (Phi) is 10.9. The van der Waals surface area contributed by atoms with Crippen LogP contribution in [0.1, 0.15) is 40.5 Å². The van der Waals surface area contributed by atoms with Crippen LogP contribution in [-0.2, 0) is 28.5 Å². The van der Waals surface area contributed by atoms with E-state index in [0.717, 1.165) is 0 Å². The van der Waals surface area contributed by atoms with E-state index in [1.54, 1.807) is 50.3 Å². The van der Waals surface area contributed by atoms with Crippen LogP contribution in [0.15, 0.2) is 61.3 Å². The van der Waals surface area contributed by atoms with Crippen molar-refractivity contribution in [3.8, 4) is 0 Å². The summed E-state index contributed by atoms with van der Waals surface area (Å²) in [5.74, 6) is -1.85. The van der Waals surface area contributed by atoms with Gasteiger partial charge in [-0.2, -0.15) is 0 Å². The second kappa shape index (κ2) is 12.9. The average molecular weight is 405 g/mol. The molecule has 160 valence electrons. The molecular formula is C23H32O6. The molecular weight excluding hydrogens is 372 g/mol. The van der Waals surface area contributed by atoms with Gasteiger partial charge in [0.2, 0.25) is 0 Å². The Hall–Kier alpha value is -2.44. The highest BCUT2D eigenvalue weighted by Gasteiger charge is 2.46. The predicted octanol–water partition coefficient (Wildman–Crippen LogP) is 4.19. The number of rotatable bonds is 11. The van der Waals surface area contributed by atoms with E-state index in [1.807, 2.05) is 19.9 Å². The Morgan fingerprint density at radius 2 is 1.66 bits per heavy atom. The standard InChI is InChI=1S/C23H32O6/c1-6-9-12-15-20(24)26-17-19-22(29-23(4,5)28-19)18(14-11-8-3)27-21(25)16-13-10-7-2/h6-10,12-13,15-16,18-19,22H,3,11,14,17H2,1-2,4-5H3/b9-6+,10-7+,15-12+,16-13+/t18-,19+,22-/m1/s1. The van der Waals surface area contributed by atoms with Crippen molar-refractivity contribution in [2.24, 2.45) is 0 Å². The van der Waals surface area contributed by atoms with Crippen LogP contribution < -0.4 is 0 Å². The number of carbonyl (C=O) groups excluding carboxylic acids is 2. The molecule has 1 aliphatic heterocycles. The molecule has 0 unspecified atom stereocenters. The van der Waals surface area contributed by atoms with E-state index < -0.39 is 36.0 Å². The summed E-state index contributed by atoms with van der Waals surface area (Å²) in [4.78, 5) is 24.0. The lowest BCUT2D eigenvalue weighted by molar-refractivity contribution is -0.169. The zero-order valence-corrected chi connectivity index (χ0v) is 17.7. The van der Waals surface area contributed by atoms with Crippen LogP contribution in [0.5, 0.6) is 0 Å². The minimum absolute atomic E-state index is 0.0103. The van der Waals surface area contributed by atoms with Gasteiger partial charge in [-0.15, -0.1) is 6.58 Å². The zero-order valence-electron chi connectivity index (χ0n) is 17.7. The molecule has 1 saturated heterocycles. The Labute approximate surface area is 173 Å². The molecule has 0 aromatic rings. The summed E-state index contributed by atoms with van der Waals surface area (Å²) in [6, 6.07) is 0. The highest BCUT2D eigenvalue weighted by atomic mass is 16.8. The normalized spacial score (nSPS) is 22.6. The molecule has 6 heteroatoms. The molecule has 0 aliphatic carbocycles. The third-order valence-corrected chi connectivity index (χ3v) is 3.97. The molecule has 0 radical (unpaired) electrons. The average Bonchev–Trinajstić information content (AvgIpc) is 2.98. The summed E-state index contributed by atoms with van der Waals surface area (Å²) in [7, 11) is 0. The first-order valence-corrected chi connectivity index (χ1v) is 9.75. The minimum atomic E-state index is -0.887. The SMILES string of the molecule is C=CCC[C@@H](OC(=O)/C=C/C=C/C)[C@H]1OC(C)(C)O[C@H]1COC(=O)/C=C/C=C/C. The van der Waals surface area contributed by atoms with Crippen molar-refractivity contribution in [1.82, 2.24) is 0 Å². The van der Waals surface area contributed by atoms with Gasteiger partial charge in [0.05, 0.1) is 0 Å². The maximum absolute atomic E-state index is 12.2. The van der Waals surface area contributed by atoms with E-state index in [0.29, 0.717) is 12.8 Å². The molecule has 1 aliphatic rings. The van der Waals surface area contributed by atoms with Gasteiger partial charge in [0, 0.05) is 12.2 Å². The molecule has 0 bridgehead atoms. The van der Waals surface area contributed by atoms with Crippen LogP contribution in [0, 0.1) is 0 Å². The van der Waals surface area contributed by atoms with Crippen LogP contribution >= 0.6 is 0 Å². The number of ether oxygens (including phenoxy) is 4. The van der Waals surface area contributed by atoms with Crippen molar-refractivity contribution < 1.29 is 28.5 Å². The van der Waals surface area contributed by atoms with Gasteiger partial charge in [-0.05, 0) is 40.5 Å². The van der Waals surface area contributed by atoms with Crippen LogP contribution in [0.2, 0.25) is 0 Å². The Morgan fingerprint density at radius 1 is 1.03 bits per heavy atom. The molecule has 3 atom stereocenters. The van der Waals surface area contributed by atoms with Gasteiger partial charge in [-0.25, -0.2) is 9.59 Å².